The summed E-state index contributed by atoms with van der Waals surface area (Å²) in [6.07, 6.45) is 1.06. The molecule has 1 atom stereocenters. The fraction of sp³-hybridized carbons (Fsp3) is 0.174. The van der Waals surface area contributed by atoms with E-state index < -0.39 is 12.0 Å². The highest BCUT2D eigenvalue weighted by Gasteiger charge is 2.44. The Labute approximate surface area is 153 Å². The molecule has 0 radical (unpaired) electrons. The van der Waals surface area contributed by atoms with Crippen LogP contribution in [0.25, 0.3) is 11.1 Å². The first-order valence-electron chi connectivity index (χ1n) is 8.88. The zero-order valence-corrected chi connectivity index (χ0v) is 14.4. The second kappa shape index (κ2) is 6.43. The minimum Gasteiger partial charge on any atom is -0.480 e. The molecule has 0 amide bonds. The number of benzene rings is 3. The summed E-state index contributed by atoms with van der Waals surface area (Å²) in [6, 6.07) is 26.3. The van der Waals surface area contributed by atoms with Gasteiger partial charge in [0, 0.05) is 5.41 Å². The van der Waals surface area contributed by atoms with Crippen LogP contribution < -0.4 is 5.73 Å². The predicted octanol–water partition coefficient (Wildman–Crippen LogP) is 4.19. The van der Waals surface area contributed by atoms with Crippen molar-refractivity contribution in [2.45, 2.75) is 24.3 Å². The molecule has 0 saturated carbocycles. The van der Waals surface area contributed by atoms with Crippen molar-refractivity contribution in [2.24, 2.45) is 5.73 Å². The number of carbonyl (C=O) groups is 1. The first kappa shape index (κ1) is 16.6. The summed E-state index contributed by atoms with van der Waals surface area (Å²) >= 11 is 0. The van der Waals surface area contributed by atoms with Gasteiger partial charge in [-0.15, -0.1) is 0 Å². The summed E-state index contributed by atoms with van der Waals surface area (Å²) in [5.74, 6) is -0.951. The monoisotopic (exact) mass is 343 g/mol. The SMILES string of the molecule is NC(CCC1(c2ccccc2)c2ccccc2-c2ccccc21)C(=O)O. The molecule has 0 saturated heterocycles. The molecule has 3 heteroatoms. The van der Waals surface area contributed by atoms with Crippen LogP contribution in [0.4, 0.5) is 0 Å². The lowest BCUT2D eigenvalue weighted by atomic mass is 9.69. The average Bonchev–Trinajstić information content (AvgIpc) is 2.98. The summed E-state index contributed by atoms with van der Waals surface area (Å²) in [6.45, 7) is 0. The number of fused-ring (bicyclic) bond motifs is 3. The third-order valence-corrected chi connectivity index (χ3v) is 5.48. The molecule has 0 spiro atoms. The standard InChI is InChI=1S/C23H21NO2/c24-21(22(25)26)14-15-23(16-8-2-1-3-9-16)19-12-6-4-10-17(19)18-11-5-7-13-20(18)23/h1-13,21H,14-15,24H2,(H,25,26). The molecule has 3 N–H and O–H groups in total. The molecule has 3 nitrogen and oxygen atoms in total. The quantitative estimate of drug-likeness (QED) is 0.730. The van der Waals surface area contributed by atoms with Gasteiger partial charge < -0.3 is 10.8 Å². The van der Waals surface area contributed by atoms with Gasteiger partial charge in [0.2, 0.25) is 0 Å². The zero-order valence-electron chi connectivity index (χ0n) is 14.4. The summed E-state index contributed by atoms with van der Waals surface area (Å²) in [5, 5.41) is 9.28. The van der Waals surface area contributed by atoms with E-state index >= 15 is 0 Å². The van der Waals surface area contributed by atoms with Gasteiger partial charge in [-0.05, 0) is 40.7 Å². The van der Waals surface area contributed by atoms with Gasteiger partial charge in [0.15, 0.2) is 0 Å². The molecule has 0 heterocycles. The maximum absolute atomic E-state index is 11.3. The number of hydrogen-bond acceptors (Lipinski definition) is 2. The summed E-state index contributed by atoms with van der Waals surface area (Å²) in [7, 11) is 0. The van der Waals surface area contributed by atoms with Gasteiger partial charge in [-0.3, -0.25) is 4.79 Å². The van der Waals surface area contributed by atoms with Crippen molar-refractivity contribution in [1.82, 2.24) is 0 Å². The lowest BCUT2D eigenvalue weighted by molar-refractivity contribution is -0.138. The van der Waals surface area contributed by atoms with Gasteiger partial charge in [0.05, 0.1) is 0 Å². The van der Waals surface area contributed by atoms with Crippen molar-refractivity contribution in [3.05, 3.63) is 95.6 Å². The third-order valence-electron chi connectivity index (χ3n) is 5.48. The Hall–Kier alpha value is -2.91. The molecule has 130 valence electrons. The van der Waals surface area contributed by atoms with Gasteiger partial charge in [-0.2, -0.15) is 0 Å². The molecule has 0 bridgehead atoms. The summed E-state index contributed by atoms with van der Waals surface area (Å²) < 4.78 is 0. The van der Waals surface area contributed by atoms with E-state index in [1.54, 1.807) is 0 Å². The molecule has 1 unspecified atom stereocenters. The van der Waals surface area contributed by atoms with E-state index in [1.807, 2.05) is 18.2 Å². The van der Waals surface area contributed by atoms with E-state index in [0.717, 1.165) is 0 Å². The van der Waals surface area contributed by atoms with Crippen LogP contribution in [0.2, 0.25) is 0 Å². The normalized spacial score (nSPS) is 15.1. The molecule has 3 aromatic rings. The number of rotatable bonds is 5. The van der Waals surface area contributed by atoms with E-state index in [-0.39, 0.29) is 5.41 Å². The number of carboxylic acid groups (broad SMARTS) is 1. The minimum atomic E-state index is -0.951. The summed E-state index contributed by atoms with van der Waals surface area (Å²) in [5.41, 5.74) is 11.6. The second-order valence-corrected chi connectivity index (χ2v) is 6.85. The lowest BCUT2D eigenvalue weighted by Gasteiger charge is -2.33. The van der Waals surface area contributed by atoms with Crippen molar-refractivity contribution < 1.29 is 9.90 Å². The van der Waals surface area contributed by atoms with Crippen molar-refractivity contribution >= 4 is 5.97 Å². The van der Waals surface area contributed by atoms with Crippen LogP contribution in [0.15, 0.2) is 78.9 Å². The van der Waals surface area contributed by atoms with Crippen molar-refractivity contribution in [1.29, 1.82) is 0 Å². The van der Waals surface area contributed by atoms with Crippen molar-refractivity contribution in [3.63, 3.8) is 0 Å². The average molecular weight is 343 g/mol. The van der Waals surface area contributed by atoms with Crippen LogP contribution in [0, 0.1) is 0 Å². The lowest BCUT2D eigenvalue weighted by Crippen LogP contribution is -2.34. The maximum atomic E-state index is 11.3. The maximum Gasteiger partial charge on any atom is 0.320 e. The van der Waals surface area contributed by atoms with Crippen LogP contribution >= 0.6 is 0 Å². The van der Waals surface area contributed by atoms with E-state index in [0.29, 0.717) is 12.8 Å². The number of hydrogen-bond donors (Lipinski definition) is 2. The minimum absolute atomic E-state index is 0.373. The Kier molecular flexibility index (Phi) is 4.09. The van der Waals surface area contributed by atoms with Gasteiger partial charge >= 0.3 is 5.97 Å². The summed E-state index contributed by atoms with van der Waals surface area (Å²) in [4.78, 5) is 11.3. The number of nitrogens with two attached hydrogens (primary N) is 1. The van der Waals surface area contributed by atoms with Crippen LogP contribution in [-0.2, 0) is 10.2 Å². The molecule has 0 fully saturated rings. The Morgan fingerprint density at radius 3 is 1.88 bits per heavy atom. The molecule has 4 rings (SSSR count). The molecule has 26 heavy (non-hydrogen) atoms. The van der Waals surface area contributed by atoms with E-state index in [4.69, 9.17) is 5.73 Å². The van der Waals surface area contributed by atoms with Gasteiger partial charge in [-0.1, -0.05) is 78.9 Å². The topological polar surface area (TPSA) is 63.3 Å². The van der Waals surface area contributed by atoms with Crippen LogP contribution in [-0.4, -0.2) is 17.1 Å². The van der Waals surface area contributed by atoms with Crippen LogP contribution in [0.3, 0.4) is 0 Å². The zero-order chi connectivity index (χ0) is 18.1. The molecule has 1 aliphatic carbocycles. The van der Waals surface area contributed by atoms with Crippen LogP contribution in [0.5, 0.6) is 0 Å². The first-order valence-corrected chi connectivity index (χ1v) is 8.88. The number of aliphatic carboxylic acids is 1. The highest BCUT2D eigenvalue weighted by molar-refractivity contribution is 5.83. The molecule has 1 aliphatic rings. The first-order chi connectivity index (χ1) is 12.6. The molecule has 0 aromatic heterocycles. The molecule has 0 aliphatic heterocycles. The van der Waals surface area contributed by atoms with Crippen LogP contribution in [0.1, 0.15) is 29.5 Å². The predicted molar refractivity (Wildman–Crippen MR) is 103 cm³/mol. The Morgan fingerprint density at radius 1 is 0.846 bits per heavy atom. The second-order valence-electron chi connectivity index (χ2n) is 6.85. The van der Waals surface area contributed by atoms with E-state index in [9.17, 15) is 9.90 Å². The number of carboxylic acids is 1. The van der Waals surface area contributed by atoms with E-state index in [1.165, 1.54) is 27.8 Å². The largest absolute Gasteiger partial charge is 0.480 e. The fourth-order valence-corrected chi connectivity index (χ4v) is 4.27. The molecule has 3 aromatic carbocycles. The smallest absolute Gasteiger partial charge is 0.320 e. The Morgan fingerprint density at radius 2 is 1.35 bits per heavy atom. The highest BCUT2D eigenvalue weighted by Crippen LogP contribution is 2.54. The third kappa shape index (κ3) is 2.44. The Bertz CT molecular complexity index is 904. The highest BCUT2D eigenvalue weighted by atomic mass is 16.4. The van der Waals surface area contributed by atoms with Gasteiger partial charge in [0.1, 0.15) is 6.04 Å². The van der Waals surface area contributed by atoms with E-state index in [2.05, 4.69) is 60.7 Å². The Balaban J connectivity index is 1.95. The van der Waals surface area contributed by atoms with Crippen molar-refractivity contribution in [3.8, 4) is 11.1 Å². The molecular weight excluding hydrogens is 322 g/mol. The fourth-order valence-electron chi connectivity index (χ4n) is 4.27. The van der Waals surface area contributed by atoms with Crippen molar-refractivity contribution in [2.75, 3.05) is 0 Å². The van der Waals surface area contributed by atoms with Gasteiger partial charge in [-0.25, -0.2) is 0 Å². The molecular formula is C23H21NO2. The van der Waals surface area contributed by atoms with Gasteiger partial charge in [0.25, 0.3) is 0 Å².